The molecule has 1 amide bonds. The van der Waals surface area contributed by atoms with Crippen LogP contribution in [0.1, 0.15) is 59.2 Å². The quantitative estimate of drug-likeness (QED) is 0.0456. The van der Waals surface area contributed by atoms with Gasteiger partial charge in [-0.1, -0.05) is 79.6 Å². The van der Waals surface area contributed by atoms with Gasteiger partial charge in [0.05, 0.1) is 43.9 Å². The molecule has 1 heterocycles. The Bertz CT molecular complexity index is 1990. The molecule has 0 radical (unpaired) electrons. The number of unbranched alkanes of at least 4 members (excludes halogenated alkanes) is 3. The molecule has 1 saturated heterocycles. The summed E-state index contributed by atoms with van der Waals surface area (Å²) in [6.45, 7) is 1.17. The molecule has 5 aromatic carbocycles. The molecule has 11 nitrogen and oxygen atoms in total. The molecule has 5 aromatic rings. The van der Waals surface area contributed by atoms with Crippen LogP contribution < -0.4 is 19.7 Å². The van der Waals surface area contributed by atoms with Gasteiger partial charge in [0.15, 0.2) is 6.29 Å². The first-order valence-corrected chi connectivity index (χ1v) is 19.8. The van der Waals surface area contributed by atoms with Crippen LogP contribution in [0.5, 0.6) is 11.5 Å². The summed E-state index contributed by atoms with van der Waals surface area (Å²) >= 11 is 0. The van der Waals surface area contributed by atoms with Crippen molar-refractivity contribution in [2.45, 2.75) is 56.2 Å². The molecular weight excluding hydrogens is 733 g/mol. The number of nitrogens with zero attached hydrogens (tertiary/aromatic N) is 3. The Morgan fingerprint density at radius 3 is 2.00 bits per heavy atom. The molecule has 1 aliphatic rings. The average Bonchev–Trinajstić information content (AvgIpc) is 3.63. The van der Waals surface area contributed by atoms with Crippen LogP contribution in [0.15, 0.2) is 138 Å². The van der Waals surface area contributed by atoms with Gasteiger partial charge >= 0.3 is 0 Å². The number of aliphatic hydroxyl groups is 1. The minimum absolute atomic E-state index is 0.123. The summed E-state index contributed by atoms with van der Waals surface area (Å²) in [5, 5.41) is 22.8. The molecule has 3 atom stereocenters. The van der Waals surface area contributed by atoms with Crippen molar-refractivity contribution in [3.63, 3.8) is 0 Å². The standard InChI is InChI=1S/C47H54N4O7/c1-51(2)38-24-22-37(23-25-38)49-50-42-17-11-10-16-41(42)46(53)48-30-12-5-6-13-31-56-45-32-43(52)44(58-45)33-57-47(34-14-8-7-9-15-34,35-18-26-39(54-3)27-19-35)36-20-28-40(55-4)29-21-36/h7-11,14-29,43-45,52H,5-6,12-13,30-33H2,1-4H3,(H,48,53)/t43-,44+,45+/m0/s1. The molecular formula is C47H54N4O7. The lowest BCUT2D eigenvalue weighted by molar-refractivity contribution is -0.157. The van der Waals surface area contributed by atoms with Gasteiger partial charge in [0, 0.05) is 39.4 Å². The second-order valence-corrected chi connectivity index (χ2v) is 14.4. The minimum Gasteiger partial charge on any atom is -0.497 e. The zero-order valence-electron chi connectivity index (χ0n) is 33.8. The van der Waals surface area contributed by atoms with Crippen LogP contribution in [0.3, 0.4) is 0 Å². The molecule has 0 unspecified atom stereocenters. The van der Waals surface area contributed by atoms with Gasteiger partial charge in [-0.3, -0.25) is 4.79 Å². The first-order chi connectivity index (χ1) is 28.3. The van der Waals surface area contributed by atoms with E-state index in [1.807, 2.05) is 134 Å². The number of rotatable bonds is 20. The van der Waals surface area contributed by atoms with E-state index in [-0.39, 0.29) is 12.5 Å². The largest absolute Gasteiger partial charge is 0.497 e. The summed E-state index contributed by atoms with van der Waals surface area (Å²) in [7, 11) is 7.25. The number of hydrogen-bond acceptors (Lipinski definition) is 10. The number of carbonyl (C=O) groups excluding carboxylic acids is 1. The lowest BCUT2D eigenvalue weighted by Crippen LogP contribution is -2.38. The van der Waals surface area contributed by atoms with Crippen LogP contribution in [-0.4, -0.2) is 77.6 Å². The van der Waals surface area contributed by atoms with Crippen LogP contribution in [0.2, 0.25) is 0 Å². The number of aliphatic hydroxyl groups excluding tert-OH is 1. The number of anilines is 1. The summed E-state index contributed by atoms with van der Waals surface area (Å²) in [5.41, 5.74) is 4.51. The van der Waals surface area contributed by atoms with Crippen molar-refractivity contribution in [1.29, 1.82) is 0 Å². The van der Waals surface area contributed by atoms with E-state index in [4.69, 9.17) is 23.7 Å². The summed E-state index contributed by atoms with van der Waals surface area (Å²) < 4.78 is 30.2. The maximum atomic E-state index is 13.0. The monoisotopic (exact) mass is 786 g/mol. The molecule has 2 N–H and O–H groups in total. The molecule has 0 aliphatic carbocycles. The lowest BCUT2D eigenvalue weighted by Gasteiger charge is -2.37. The Morgan fingerprint density at radius 1 is 0.759 bits per heavy atom. The topological polar surface area (TPSA) is 123 Å². The Morgan fingerprint density at radius 2 is 1.36 bits per heavy atom. The molecule has 58 heavy (non-hydrogen) atoms. The second-order valence-electron chi connectivity index (χ2n) is 14.4. The summed E-state index contributed by atoms with van der Waals surface area (Å²) in [5.74, 6) is 1.30. The van der Waals surface area contributed by atoms with Crippen molar-refractivity contribution >= 4 is 23.0 Å². The zero-order valence-corrected chi connectivity index (χ0v) is 33.8. The number of nitrogens with one attached hydrogen (secondary N) is 1. The first-order valence-electron chi connectivity index (χ1n) is 19.8. The third kappa shape index (κ3) is 10.7. The van der Waals surface area contributed by atoms with Gasteiger partial charge in [-0.05, 0) is 90.2 Å². The minimum atomic E-state index is -1.02. The van der Waals surface area contributed by atoms with Gasteiger partial charge in [-0.2, -0.15) is 5.11 Å². The Labute approximate surface area is 341 Å². The molecule has 0 bridgehead atoms. The van der Waals surface area contributed by atoms with Crippen molar-refractivity contribution in [1.82, 2.24) is 5.32 Å². The number of methoxy groups -OCH3 is 2. The summed E-state index contributed by atoms with van der Waals surface area (Å²) in [4.78, 5) is 15.0. The van der Waals surface area contributed by atoms with Crippen molar-refractivity contribution in [2.75, 3.05) is 53.0 Å². The molecule has 0 saturated carbocycles. The fourth-order valence-electron chi connectivity index (χ4n) is 7.00. The highest BCUT2D eigenvalue weighted by atomic mass is 16.7. The normalized spacial score (nSPS) is 16.7. The van der Waals surface area contributed by atoms with E-state index in [0.29, 0.717) is 36.5 Å². The highest BCUT2D eigenvalue weighted by Gasteiger charge is 2.41. The Hall–Kier alpha value is -5.59. The third-order valence-corrected chi connectivity index (χ3v) is 10.3. The van der Waals surface area contributed by atoms with Crippen molar-refractivity contribution in [3.05, 3.63) is 150 Å². The number of azo groups is 1. The van der Waals surface area contributed by atoms with Crippen molar-refractivity contribution < 1.29 is 33.6 Å². The predicted octanol–water partition coefficient (Wildman–Crippen LogP) is 8.98. The van der Waals surface area contributed by atoms with E-state index in [1.54, 1.807) is 26.4 Å². The number of benzene rings is 5. The van der Waals surface area contributed by atoms with Crippen LogP contribution in [0.25, 0.3) is 0 Å². The summed E-state index contributed by atoms with van der Waals surface area (Å²) in [6, 6.07) is 40.7. The molecule has 304 valence electrons. The Balaban J connectivity index is 0.967. The van der Waals surface area contributed by atoms with Crippen LogP contribution >= 0.6 is 0 Å². The smallest absolute Gasteiger partial charge is 0.253 e. The third-order valence-electron chi connectivity index (χ3n) is 10.3. The van der Waals surface area contributed by atoms with Crippen molar-refractivity contribution in [3.8, 4) is 11.5 Å². The van der Waals surface area contributed by atoms with E-state index in [9.17, 15) is 9.90 Å². The fraction of sp³-hybridized carbons (Fsp3) is 0.340. The van der Waals surface area contributed by atoms with Crippen molar-refractivity contribution in [2.24, 2.45) is 10.2 Å². The number of amides is 1. The van der Waals surface area contributed by atoms with E-state index >= 15 is 0 Å². The van der Waals surface area contributed by atoms with E-state index < -0.39 is 24.1 Å². The number of carbonyl (C=O) groups is 1. The fourth-order valence-corrected chi connectivity index (χ4v) is 7.00. The van der Waals surface area contributed by atoms with Crippen LogP contribution in [0, 0.1) is 0 Å². The van der Waals surface area contributed by atoms with Crippen LogP contribution in [0.4, 0.5) is 17.1 Å². The van der Waals surface area contributed by atoms with Crippen LogP contribution in [-0.2, 0) is 19.8 Å². The number of ether oxygens (including phenoxy) is 5. The molecule has 0 aromatic heterocycles. The van der Waals surface area contributed by atoms with E-state index in [2.05, 4.69) is 15.5 Å². The predicted molar refractivity (Wildman–Crippen MR) is 226 cm³/mol. The molecule has 11 heteroatoms. The van der Waals surface area contributed by atoms with Gasteiger partial charge in [-0.25, -0.2) is 0 Å². The molecule has 6 rings (SSSR count). The zero-order chi connectivity index (χ0) is 40.7. The van der Waals surface area contributed by atoms with Gasteiger partial charge < -0.3 is 39.0 Å². The molecule has 0 spiro atoms. The second kappa shape index (κ2) is 20.7. The first kappa shape index (κ1) is 42.0. The maximum absolute atomic E-state index is 13.0. The highest BCUT2D eigenvalue weighted by Crippen LogP contribution is 2.42. The van der Waals surface area contributed by atoms with Gasteiger partial charge in [0.1, 0.15) is 23.2 Å². The average molecular weight is 787 g/mol. The molecule has 1 aliphatic heterocycles. The van der Waals surface area contributed by atoms with Gasteiger partial charge in [-0.15, -0.1) is 5.11 Å². The van der Waals surface area contributed by atoms with E-state index in [1.165, 1.54) is 0 Å². The molecule has 1 fully saturated rings. The SMILES string of the molecule is COc1ccc(C(OC[C@H]2O[C@@H](OCCCCCCNC(=O)c3ccccc3N=Nc3ccc(N(C)C)cc3)C[C@@H]2O)(c2ccccc2)c2ccc(OC)cc2)cc1. The highest BCUT2D eigenvalue weighted by molar-refractivity contribution is 5.98. The maximum Gasteiger partial charge on any atom is 0.253 e. The Kier molecular flexibility index (Phi) is 15.0. The lowest BCUT2D eigenvalue weighted by atomic mass is 9.80. The summed E-state index contributed by atoms with van der Waals surface area (Å²) in [6.07, 6.45) is 1.99. The van der Waals surface area contributed by atoms with Gasteiger partial charge in [0.25, 0.3) is 5.91 Å². The number of hydrogen-bond donors (Lipinski definition) is 2. The van der Waals surface area contributed by atoms with E-state index in [0.717, 1.165) is 59.6 Å². The van der Waals surface area contributed by atoms with Gasteiger partial charge in [0.2, 0.25) is 0 Å².